The minimum absolute atomic E-state index is 0.0588. The summed E-state index contributed by atoms with van der Waals surface area (Å²) in [5.74, 6) is 0.0714. The minimum Gasteiger partial charge on any atom is -0.476 e. The second-order valence-electron chi connectivity index (χ2n) is 10.8. The summed E-state index contributed by atoms with van der Waals surface area (Å²) in [4.78, 5) is 38.1. The van der Waals surface area contributed by atoms with E-state index >= 15 is 0 Å². The van der Waals surface area contributed by atoms with Crippen molar-refractivity contribution < 1.29 is 27.4 Å². The second kappa shape index (κ2) is 14.0. The van der Waals surface area contributed by atoms with Crippen LogP contribution in [0.3, 0.4) is 0 Å². The van der Waals surface area contributed by atoms with Gasteiger partial charge in [-0.1, -0.05) is 31.4 Å². The smallest absolute Gasteiger partial charge is 0.389 e. The first-order valence-electron chi connectivity index (χ1n) is 14.1. The lowest BCUT2D eigenvalue weighted by Gasteiger charge is -2.24. The van der Waals surface area contributed by atoms with Gasteiger partial charge in [0.25, 0.3) is 5.56 Å². The predicted molar refractivity (Wildman–Crippen MR) is 145 cm³/mol. The molecule has 0 unspecified atom stereocenters. The Bertz CT molecular complexity index is 1250. The van der Waals surface area contributed by atoms with Gasteiger partial charge in [0, 0.05) is 25.4 Å². The second-order valence-corrected chi connectivity index (χ2v) is 10.8. The topological polar surface area (TPSA) is 92.4 Å². The molecule has 0 atom stereocenters. The summed E-state index contributed by atoms with van der Waals surface area (Å²) in [6, 6.07) is 7.51. The Morgan fingerprint density at radius 1 is 1.05 bits per heavy atom. The highest BCUT2D eigenvalue weighted by molar-refractivity contribution is 5.79. The highest BCUT2D eigenvalue weighted by Crippen LogP contribution is 2.31. The average molecular weight is 568 g/mol. The molecule has 1 saturated carbocycles. The molecule has 40 heavy (non-hydrogen) atoms. The van der Waals surface area contributed by atoms with Gasteiger partial charge in [-0.15, -0.1) is 0 Å². The molecule has 0 spiro atoms. The molecule has 0 amide bonds. The molecule has 1 fully saturated rings. The maximum Gasteiger partial charge on any atom is 0.389 e. The number of alkyl halides is 3. The van der Waals surface area contributed by atoms with Crippen LogP contribution in [0.5, 0.6) is 5.75 Å². The highest BCUT2D eigenvalue weighted by Gasteiger charge is 2.32. The largest absolute Gasteiger partial charge is 0.476 e. The molecular formula is C29H40F3N3O5. The molecule has 0 aliphatic heterocycles. The van der Waals surface area contributed by atoms with Gasteiger partial charge in [-0.3, -0.25) is 9.36 Å². The molecule has 1 aliphatic rings. The molecule has 3 rings (SSSR count). The third-order valence-electron chi connectivity index (χ3n) is 7.10. The number of esters is 1. The molecule has 1 heterocycles. The van der Waals surface area contributed by atoms with E-state index in [1.807, 2.05) is 18.2 Å². The summed E-state index contributed by atoms with van der Waals surface area (Å²) < 4.78 is 51.2. The molecule has 11 heteroatoms. The third kappa shape index (κ3) is 8.96. The van der Waals surface area contributed by atoms with Crippen LogP contribution in [0.2, 0.25) is 0 Å². The molecule has 1 aromatic heterocycles. The zero-order valence-corrected chi connectivity index (χ0v) is 23.6. The number of aryl methyl sites for hydroxylation is 2. The van der Waals surface area contributed by atoms with E-state index < -0.39 is 35.4 Å². The zero-order chi connectivity index (χ0) is 29.3. The number of carbonyl (C=O) groups excluding carboxylic acids is 1. The number of nitrogens with zero attached hydrogens (tertiary/aromatic N) is 3. The Hall–Kier alpha value is -3.11. The predicted octanol–water partition coefficient (Wildman–Crippen LogP) is 5.54. The summed E-state index contributed by atoms with van der Waals surface area (Å²) >= 11 is 0. The SMILES string of the molecule is CCOC(=O)C(C)(C)Oc1cccc(CCCCCn2nc(C3CCCC3)c(=O)n(CCCC(F)(F)F)c2=O)c1. The molecule has 2 aromatic rings. The van der Waals surface area contributed by atoms with Crippen LogP contribution in [0, 0.1) is 0 Å². The van der Waals surface area contributed by atoms with Crippen LogP contribution >= 0.6 is 0 Å². The van der Waals surface area contributed by atoms with Crippen molar-refractivity contribution in [2.24, 2.45) is 0 Å². The summed E-state index contributed by atoms with van der Waals surface area (Å²) in [6.07, 6.45) is 0.779. The first-order chi connectivity index (χ1) is 18.9. The lowest BCUT2D eigenvalue weighted by atomic mass is 10.0. The summed E-state index contributed by atoms with van der Waals surface area (Å²) in [6.45, 7) is 5.34. The molecule has 1 aliphatic carbocycles. The number of unbranched alkanes of at least 4 members (excludes halogenated alkanes) is 2. The number of hydrogen-bond acceptors (Lipinski definition) is 6. The van der Waals surface area contributed by atoms with E-state index in [1.54, 1.807) is 26.8 Å². The Labute approximate surface area is 232 Å². The van der Waals surface area contributed by atoms with Crippen molar-refractivity contribution in [3.8, 4) is 5.75 Å². The van der Waals surface area contributed by atoms with Crippen molar-refractivity contribution in [1.82, 2.24) is 14.3 Å². The number of hydrogen-bond donors (Lipinski definition) is 0. The van der Waals surface area contributed by atoms with E-state index in [4.69, 9.17) is 9.47 Å². The van der Waals surface area contributed by atoms with Crippen molar-refractivity contribution in [3.05, 3.63) is 56.4 Å². The molecule has 0 N–H and O–H groups in total. The summed E-state index contributed by atoms with van der Waals surface area (Å²) in [5.41, 5.74) is -0.984. The quantitative estimate of drug-likeness (QED) is 0.220. The standard InChI is InChI=1S/C29H40F3N3O5/c1-4-39-26(37)28(2,3)40-23-16-10-13-21(20-23)12-6-5-9-19-35-27(38)34(18-11-17-29(30,31)32)25(36)24(33-35)22-14-7-8-15-22/h10,13,16,20,22H,4-9,11-12,14-15,17-19H2,1-3H3. The average Bonchev–Trinajstić information content (AvgIpc) is 3.41. The van der Waals surface area contributed by atoms with Gasteiger partial charge in [0.2, 0.25) is 0 Å². The van der Waals surface area contributed by atoms with Gasteiger partial charge >= 0.3 is 17.8 Å². The van der Waals surface area contributed by atoms with Crippen LogP contribution in [0.25, 0.3) is 0 Å². The summed E-state index contributed by atoms with van der Waals surface area (Å²) in [7, 11) is 0. The lowest BCUT2D eigenvalue weighted by Crippen LogP contribution is -2.44. The molecule has 0 radical (unpaired) electrons. The number of halogens is 3. The molecular weight excluding hydrogens is 527 g/mol. The van der Waals surface area contributed by atoms with Gasteiger partial charge in [-0.2, -0.15) is 18.3 Å². The van der Waals surface area contributed by atoms with Gasteiger partial charge < -0.3 is 9.47 Å². The monoisotopic (exact) mass is 567 g/mol. The van der Waals surface area contributed by atoms with Crippen molar-refractivity contribution >= 4 is 5.97 Å². The first kappa shape index (κ1) is 31.4. The highest BCUT2D eigenvalue weighted by atomic mass is 19.4. The van der Waals surface area contributed by atoms with Gasteiger partial charge in [0.15, 0.2) is 5.60 Å². The third-order valence-corrected chi connectivity index (χ3v) is 7.10. The van der Waals surface area contributed by atoms with E-state index in [0.29, 0.717) is 17.9 Å². The van der Waals surface area contributed by atoms with Crippen LogP contribution in [0.4, 0.5) is 13.2 Å². The normalized spacial score (nSPS) is 14.4. The fourth-order valence-electron chi connectivity index (χ4n) is 4.99. The number of aromatic nitrogens is 3. The number of ether oxygens (including phenoxy) is 2. The lowest BCUT2D eigenvalue weighted by molar-refractivity contribution is -0.158. The van der Waals surface area contributed by atoms with Crippen molar-refractivity contribution in [2.45, 2.75) is 116 Å². The zero-order valence-electron chi connectivity index (χ0n) is 23.6. The van der Waals surface area contributed by atoms with Crippen LogP contribution in [0.1, 0.15) is 95.7 Å². The van der Waals surface area contributed by atoms with Crippen LogP contribution < -0.4 is 16.0 Å². The fraction of sp³-hybridized carbons (Fsp3) is 0.655. The Morgan fingerprint density at radius 3 is 2.45 bits per heavy atom. The first-order valence-corrected chi connectivity index (χ1v) is 14.1. The molecule has 0 bridgehead atoms. The van der Waals surface area contributed by atoms with Crippen LogP contribution in [0.15, 0.2) is 33.9 Å². The van der Waals surface area contributed by atoms with Gasteiger partial charge in [0.1, 0.15) is 11.4 Å². The maximum atomic E-state index is 13.0. The van der Waals surface area contributed by atoms with Crippen molar-refractivity contribution in [1.29, 1.82) is 0 Å². The van der Waals surface area contributed by atoms with E-state index in [-0.39, 0.29) is 32.0 Å². The number of carbonyl (C=O) groups is 1. The molecule has 8 nitrogen and oxygen atoms in total. The molecule has 0 saturated heterocycles. The Morgan fingerprint density at radius 2 is 1.77 bits per heavy atom. The maximum absolute atomic E-state index is 13.0. The summed E-state index contributed by atoms with van der Waals surface area (Å²) in [5, 5.41) is 4.39. The number of rotatable bonds is 14. The van der Waals surface area contributed by atoms with Gasteiger partial charge in [0.05, 0.1) is 6.61 Å². The molecule has 222 valence electrons. The van der Waals surface area contributed by atoms with Crippen molar-refractivity contribution in [2.75, 3.05) is 6.61 Å². The van der Waals surface area contributed by atoms with Crippen molar-refractivity contribution in [3.63, 3.8) is 0 Å². The van der Waals surface area contributed by atoms with E-state index in [1.165, 1.54) is 4.68 Å². The van der Waals surface area contributed by atoms with E-state index in [2.05, 4.69) is 5.10 Å². The van der Waals surface area contributed by atoms with Gasteiger partial charge in [-0.25, -0.2) is 14.3 Å². The minimum atomic E-state index is -4.34. The fourth-order valence-corrected chi connectivity index (χ4v) is 4.99. The number of benzene rings is 1. The molecule has 1 aromatic carbocycles. The Kier molecular flexibility index (Phi) is 11.0. The van der Waals surface area contributed by atoms with Crippen LogP contribution in [-0.2, 0) is 29.0 Å². The Balaban J connectivity index is 1.60. The van der Waals surface area contributed by atoms with Gasteiger partial charge in [-0.05, 0) is 77.0 Å². The van der Waals surface area contributed by atoms with E-state index in [0.717, 1.165) is 55.1 Å². The van der Waals surface area contributed by atoms with Crippen LogP contribution in [-0.4, -0.2) is 38.7 Å². The van der Waals surface area contributed by atoms with E-state index in [9.17, 15) is 27.6 Å².